The third kappa shape index (κ3) is 4.73. The summed E-state index contributed by atoms with van der Waals surface area (Å²) in [6.07, 6.45) is 5.42. The van der Waals surface area contributed by atoms with Crippen LogP contribution in [0.4, 0.5) is 0 Å². The second kappa shape index (κ2) is 10.4. The number of benzene rings is 1. The molecule has 1 aliphatic heterocycles. The molecule has 1 aliphatic carbocycles. The number of nitrogens with two attached hydrogens (primary N) is 1. The van der Waals surface area contributed by atoms with Crippen LogP contribution in [0.5, 0.6) is 0 Å². The Hall–Kier alpha value is -2.19. The van der Waals surface area contributed by atoms with Crippen LogP contribution in [0.1, 0.15) is 37.1 Å². The lowest BCUT2D eigenvalue weighted by molar-refractivity contribution is -0.137. The van der Waals surface area contributed by atoms with E-state index in [1.165, 1.54) is 5.56 Å². The average Bonchev–Trinajstić information content (AvgIpc) is 3.22. The largest absolute Gasteiger partial charge is 0.331 e. The first-order valence-corrected chi connectivity index (χ1v) is 11.1. The summed E-state index contributed by atoms with van der Waals surface area (Å²) >= 11 is 6.23. The molecule has 2 N–H and O–H groups in total. The minimum Gasteiger partial charge on any atom is -0.331 e. The molecule has 0 unspecified atom stereocenters. The van der Waals surface area contributed by atoms with Crippen LogP contribution in [0.2, 0.25) is 5.02 Å². The average molecular weight is 510 g/mol. The van der Waals surface area contributed by atoms with Gasteiger partial charge in [-0.25, -0.2) is 0 Å². The first-order valence-electron chi connectivity index (χ1n) is 10.7. The molecule has 1 fully saturated rings. The fraction of sp³-hybridized carbons (Fsp3) is 0.391. The summed E-state index contributed by atoms with van der Waals surface area (Å²) in [6.45, 7) is 1.31. The molecule has 0 saturated heterocycles. The fourth-order valence-electron chi connectivity index (χ4n) is 5.00. The van der Waals surface area contributed by atoms with Crippen LogP contribution in [0.25, 0.3) is 11.5 Å². The number of nitrogens with zero attached hydrogens (tertiary/aromatic N) is 5. The highest BCUT2D eigenvalue weighted by atomic mass is 35.5. The second-order valence-corrected chi connectivity index (χ2v) is 8.93. The molecule has 176 valence electrons. The van der Waals surface area contributed by atoms with E-state index in [1.807, 2.05) is 45.9 Å². The Morgan fingerprint density at radius 3 is 2.52 bits per heavy atom. The summed E-state index contributed by atoms with van der Waals surface area (Å²) in [5.74, 6) is 1.57. The van der Waals surface area contributed by atoms with E-state index < -0.39 is 0 Å². The second-order valence-electron chi connectivity index (χ2n) is 8.49. The molecule has 7 nitrogen and oxygen atoms in total. The third-order valence-electron chi connectivity index (χ3n) is 6.83. The van der Waals surface area contributed by atoms with E-state index in [-0.39, 0.29) is 48.7 Å². The molecule has 3 aromatic rings. The summed E-state index contributed by atoms with van der Waals surface area (Å²) in [6, 6.07) is 13.9. The lowest BCUT2D eigenvalue weighted by Gasteiger charge is -2.44. The molecule has 1 saturated carbocycles. The Labute approximate surface area is 210 Å². The van der Waals surface area contributed by atoms with E-state index in [0.717, 1.165) is 42.2 Å². The zero-order valence-corrected chi connectivity index (χ0v) is 20.5. The van der Waals surface area contributed by atoms with Crippen molar-refractivity contribution in [1.82, 2.24) is 24.6 Å². The van der Waals surface area contributed by atoms with Crippen molar-refractivity contribution in [2.24, 2.45) is 5.73 Å². The Morgan fingerprint density at radius 1 is 1.06 bits per heavy atom. The molecule has 5 rings (SSSR count). The van der Waals surface area contributed by atoms with Crippen molar-refractivity contribution in [2.45, 2.75) is 50.2 Å². The van der Waals surface area contributed by atoms with Gasteiger partial charge in [0, 0.05) is 29.2 Å². The predicted octanol–water partition coefficient (Wildman–Crippen LogP) is 4.02. The van der Waals surface area contributed by atoms with Gasteiger partial charge in [-0.2, -0.15) is 0 Å². The number of hydrogen-bond acceptors (Lipinski definition) is 5. The molecular weight excluding hydrogens is 483 g/mol. The lowest BCUT2D eigenvalue weighted by atomic mass is 9.68. The standard InChI is InChI=1S/C23H25ClN6O.2ClH/c24-17-5-3-4-16(12-17)23(15-25)9-7-18(8-10-23)29-13-20-27-28-22(30(20)14-21(29)31)19-6-1-2-11-26-19;;/h1-6,11-12,18H,7-10,13-15,25H2;2*1H/t18-,23-;;. The zero-order chi connectivity index (χ0) is 21.4. The number of rotatable bonds is 4. The van der Waals surface area contributed by atoms with Crippen LogP contribution in [0, 0.1) is 0 Å². The van der Waals surface area contributed by atoms with Gasteiger partial charge in [-0.3, -0.25) is 14.3 Å². The summed E-state index contributed by atoms with van der Waals surface area (Å²) in [5.41, 5.74) is 8.10. The topological polar surface area (TPSA) is 89.9 Å². The summed E-state index contributed by atoms with van der Waals surface area (Å²) < 4.78 is 1.89. The number of halogens is 3. The number of hydrogen-bond donors (Lipinski definition) is 1. The van der Waals surface area contributed by atoms with Gasteiger partial charge in [0.15, 0.2) is 11.6 Å². The lowest BCUT2D eigenvalue weighted by Crippen LogP contribution is -2.50. The molecule has 33 heavy (non-hydrogen) atoms. The van der Waals surface area contributed by atoms with Crippen LogP contribution >= 0.6 is 36.4 Å². The number of pyridine rings is 1. The Bertz CT molecular complexity index is 1100. The van der Waals surface area contributed by atoms with Crippen molar-refractivity contribution in [3.63, 3.8) is 0 Å². The normalized spacial score (nSPS) is 22.2. The van der Waals surface area contributed by atoms with Crippen LogP contribution in [-0.4, -0.2) is 43.1 Å². The van der Waals surface area contributed by atoms with Gasteiger partial charge >= 0.3 is 0 Å². The van der Waals surface area contributed by atoms with E-state index in [4.69, 9.17) is 17.3 Å². The van der Waals surface area contributed by atoms with Crippen LogP contribution in [0.3, 0.4) is 0 Å². The van der Waals surface area contributed by atoms with Crippen molar-refractivity contribution in [1.29, 1.82) is 0 Å². The van der Waals surface area contributed by atoms with Crippen molar-refractivity contribution < 1.29 is 4.79 Å². The van der Waals surface area contributed by atoms with Crippen molar-refractivity contribution in [2.75, 3.05) is 6.54 Å². The first kappa shape index (κ1) is 25.4. The molecule has 0 spiro atoms. The molecule has 10 heteroatoms. The minimum atomic E-state index is -0.0770. The molecule has 1 aromatic carbocycles. The number of aromatic nitrogens is 4. The highest BCUT2D eigenvalue weighted by Gasteiger charge is 2.40. The van der Waals surface area contributed by atoms with Crippen molar-refractivity contribution in [3.8, 4) is 11.5 Å². The maximum Gasteiger partial charge on any atom is 0.243 e. The monoisotopic (exact) mass is 508 g/mol. The van der Waals surface area contributed by atoms with Crippen molar-refractivity contribution >= 4 is 42.3 Å². The van der Waals surface area contributed by atoms with Crippen LogP contribution in [0.15, 0.2) is 48.7 Å². The first-order chi connectivity index (χ1) is 15.1. The highest BCUT2D eigenvalue weighted by Crippen LogP contribution is 2.41. The number of fused-ring (bicyclic) bond motifs is 1. The Balaban J connectivity index is 0.00000153. The third-order valence-corrected chi connectivity index (χ3v) is 7.06. The molecule has 2 aliphatic rings. The van der Waals surface area contributed by atoms with E-state index in [0.29, 0.717) is 18.9 Å². The molecular formula is C23H27Cl3N6O. The maximum absolute atomic E-state index is 13.1. The van der Waals surface area contributed by atoms with Crippen LogP contribution < -0.4 is 5.73 Å². The van der Waals surface area contributed by atoms with E-state index >= 15 is 0 Å². The smallest absolute Gasteiger partial charge is 0.243 e. The van der Waals surface area contributed by atoms with Gasteiger partial charge < -0.3 is 10.6 Å². The number of carbonyl (C=O) groups is 1. The van der Waals surface area contributed by atoms with Gasteiger partial charge in [0.25, 0.3) is 0 Å². The SMILES string of the molecule is Cl.Cl.NC[C@]1(c2cccc(Cl)c2)CC[C@H](N2Cc3nnc(-c4ccccn4)n3CC2=O)CC1. The van der Waals surface area contributed by atoms with Gasteiger partial charge in [0.05, 0.1) is 6.54 Å². The zero-order valence-electron chi connectivity index (χ0n) is 18.1. The van der Waals surface area contributed by atoms with Gasteiger partial charge in [-0.05, 0) is 55.5 Å². The van der Waals surface area contributed by atoms with Crippen LogP contribution in [-0.2, 0) is 23.3 Å². The maximum atomic E-state index is 13.1. The van der Waals surface area contributed by atoms with Crippen molar-refractivity contribution in [3.05, 3.63) is 65.1 Å². The Kier molecular flexibility index (Phi) is 8.00. The summed E-state index contributed by atoms with van der Waals surface area (Å²) in [4.78, 5) is 19.4. The highest BCUT2D eigenvalue weighted by molar-refractivity contribution is 6.30. The van der Waals surface area contributed by atoms with E-state index in [2.05, 4.69) is 21.2 Å². The molecule has 0 atom stereocenters. The van der Waals surface area contributed by atoms with E-state index in [9.17, 15) is 4.79 Å². The molecule has 1 amide bonds. The number of carbonyl (C=O) groups excluding carboxylic acids is 1. The Morgan fingerprint density at radius 2 is 1.85 bits per heavy atom. The summed E-state index contributed by atoms with van der Waals surface area (Å²) in [7, 11) is 0. The van der Waals surface area contributed by atoms with Gasteiger partial charge in [-0.1, -0.05) is 29.8 Å². The van der Waals surface area contributed by atoms with Gasteiger partial charge in [0.1, 0.15) is 12.2 Å². The number of amides is 1. The van der Waals surface area contributed by atoms with E-state index in [1.54, 1.807) is 6.20 Å². The molecule has 3 heterocycles. The minimum absolute atomic E-state index is 0. The van der Waals surface area contributed by atoms with Gasteiger partial charge in [-0.15, -0.1) is 35.0 Å². The predicted molar refractivity (Wildman–Crippen MR) is 133 cm³/mol. The molecule has 0 radical (unpaired) electrons. The quantitative estimate of drug-likeness (QED) is 0.574. The molecule has 2 aromatic heterocycles. The summed E-state index contributed by atoms with van der Waals surface area (Å²) in [5, 5.41) is 9.41. The molecule has 0 bridgehead atoms. The van der Waals surface area contributed by atoms with Gasteiger partial charge in [0.2, 0.25) is 5.91 Å². The fourth-order valence-corrected chi connectivity index (χ4v) is 5.19.